The molecular weight excluding hydrogens is 729 g/mol. The lowest BCUT2D eigenvalue weighted by molar-refractivity contribution is 0.372. The molecule has 12 nitrogen and oxygen atoms in total. The molecule has 1 aliphatic rings. The molecule has 0 fully saturated rings. The minimum atomic E-state index is -0.857. The first-order valence-corrected chi connectivity index (χ1v) is 17.7. The third-order valence-electron chi connectivity index (χ3n) is 11.6. The van der Waals surface area contributed by atoms with Crippen molar-refractivity contribution in [2.24, 2.45) is 0 Å². The first-order valence-electron chi connectivity index (χ1n) is 17.7. The van der Waals surface area contributed by atoms with Gasteiger partial charge < -0.3 is 60.6 Å². The van der Waals surface area contributed by atoms with Gasteiger partial charge in [0.05, 0.1) is 16.3 Å². The van der Waals surface area contributed by atoms with Crippen LogP contribution in [0.4, 0.5) is 0 Å². The van der Waals surface area contributed by atoms with Crippen molar-refractivity contribution in [1.82, 2.24) is 0 Å². The van der Waals surface area contributed by atoms with E-state index >= 15 is 0 Å². The summed E-state index contributed by atoms with van der Waals surface area (Å²) in [6.07, 6.45) is 0. The van der Waals surface area contributed by atoms with Crippen molar-refractivity contribution >= 4 is 99.1 Å². The SMILES string of the molecule is Bc1c(O)c(O)c(-c2c3ccccc3c(-c3ccc4oc5c6c(O)c(O)c(O)c7c6c(c(O)c5c4c3)-c3c(B)c(O)c(O)c(O)c3B7)c3ccccc23)c(O)c1O. The Morgan fingerprint density at radius 2 is 0.912 bits per heavy atom. The van der Waals surface area contributed by atoms with Crippen LogP contribution in [-0.4, -0.2) is 79.1 Å². The van der Waals surface area contributed by atoms with Crippen LogP contribution in [0.3, 0.4) is 0 Å². The van der Waals surface area contributed by atoms with Gasteiger partial charge in [-0.05, 0) is 72.1 Å². The van der Waals surface area contributed by atoms with Crippen LogP contribution in [0.15, 0.2) is 71.1 Å². The number of aromatic hydroxyl groups is 11. The van der Waals surface area contributed by atoms with Crippen LogP contribution in [0.2, 0.25) is 0 Å². The predicted octanol–water partition coefficient (Wildman–Crippen LogP) is 3.03. The number of phenols is 11. The Kier molecular flexibility index (Phi) is 6.66. The van der Waals surface area contributed by atoms with Crippen LogP contribution < -0.4 is 21.9 Å². The molecule has 276 valence electrons. The zero-order valence-corrected chi connectivity index (χ0v) is 29.9. The largest absolute Gasteiger partial charge is 0.506 e. The third-order valence-corrected chi connectivity index (χ3v) is 11.6. The average Bonchev–Trinajstić information content (AvgIpc) is 3.60. The Balaban J connectivity index is 1.35. The Labute approximate surface area is 322 Å². The van der Waals surface area contributed by atoms with Crippen molar-refractivity contribution in [3.05, 3.63) is 66.7 Å². The van der Waals surface area contributed by atoms with Gasteiger partial charge in [-0.1, -0.05) is 54.6 Å². The smallest absolute Gasteiger partial charge is 0.204 e. The van der Waals surface area contributed by atoms with Gasteiger partial charge in [0.2, 0.25) is 13.0 Å². The quantitative estimate of drug-likeness (QED) is 0.0529. The Morgan fingerprint density at radius 1 is 0.386 bits per heavy atom. The standard InChI is InChI=1S/C42H27B3O12/c43-27-24-23-22-26(34(49)40(55)38(53)29(22)45-30(24)39(54)41(56)35(27)50)42-21(31(23)46)17-11-12(9-10-18(17)57-42)19-13-5-1-3-7-15(13)20(16-8-4-2-6-14(16)19)25-32(47)36(51)28(44)37(52)33(25)48/h1-11,45-56H,43-44H2. The van der Waals surface area contributed by atoms with Gasteiger partial charge in [-0.3, -0.25) is 0 Å². The highest BCUT2D eigenvalue weighted by atomic mass is 16.3. The molecular formula is C42H27B3O12. The minimum absolute atomic E-state index is 0.0139. The monoisotopic (exact) mass is 756 g/mol. The zero-order valence-electron chi connectivity index (χ0n) is 29.9. The maximum Gasteiger partial charge on any atom is 0.204 e. The van der Waals surface area contributed by atoms with Gasteiger partial charge in [-0.25, -0.2) is 0 Å². The second-order valence-corrected chi connectivity index (χ2v) is 14.5. The lowest BCUT2D eigenvalue weighted by Gasteiger charge is -2.26. The number of fused-ring (bicyclic) bond motifs is 8. The summed E-state index contributed by atoms with van der Waals surface area (Å²) >= 11 is 0. The molecule has 0 amide bonds. The van der Waals surface area contributed by atoms with Gasteiger partial charge in [-0.15, -0.1) is 0 Å². The first-order chi connectivity index (χ1) is 27.2. The summed E-state index contributed by atoms with van der Waals surface area (Å²) < 4.78 is 6.33. The van der Waals surface area contributed by atoms with Crippen LogP contribution in [0.25, 0.3) is 87.6 Å². The Morgan fingerprint density at radius 3 is 1.51 bits per heavy atom. The van der Waals surface area contributed by atoms with Gasteiger partial charge in [0.15, 0.2) is 57.3 Å². The molecule has 0 atom stereocenters. The maximum absolute atomic E-state index is 12.4. The highest BCUT2D eigenvalue weighted by Crippen LogP contribution is 2.56. The van der Waals surface area contributed by atoms with Crippen LogP contribution in [0, 0.1) is 0 Å². The van der Waals surface area contributed by atoms with Crippen molar-refractivity contribution in [1.29, 1.82) is 0 Å². The summed E-state index contributed by atoms with van der Waals surface area (Å²) in [6.45, 7) is 0. The molecule has 0 saturated heterocycles. The summed E-state index contributed by atoms with van der Waals surface area (Å²) in [5.41, 5.74) is 2.04. The van der Waals surface area contributed by atoms with Crippen molar-refractivity contribution in [3.63, 3.8) is 0 Å². The normalized spacial score (nSPS) is 12.2. The Hall–Kier alpha value is -7.67. The summed E-state index contributed by atoms with van der Waals surface area (Å²) in [5.74, 6) is -7.15. The minimum Gasteiger partial charge on any atom is -0.506 e. The van der Waals surface area contributed by atoms with E-state index in [9.17, 15) is 56.2 Å². The molecule has 15 heteroatoms. The summed E-state index contributed by atoms with van der Waals surface area (Å²) in [7, 11) is 2.60. The number of hydrogen-bond donors (Lipinski definition) is 11. The van der Waals surface area contributed by atoms with Gasteiger partial charge in [0, 0.05) is 22.0 Å². The van der Waals surface area contributed by atoms with Crippen LogP contribution in [0.1, 0.15) is 0 Å². The van der Waals surface area contributed by atoms with Gasteiger partial charge in [0.1, 0.15) is 27.0 Å². The van der Waals surface area contributed by atoms with E-state index in [0.717, 1.165) is 0 Å². The van der Waals surface area contributed by atoms with E-state index in [4.69, 9.17) is 4.42 Å². The van der Waals surface area contributed by atoms with Gasteiger partial charge in [0.25, 0.3) is 0 Å². The van der Waals surface area contributed by atoms with Crippen molar-refractivity contribution in [3.8, 4) is 96.6 Å². The van der Waals surface area contributed by atoms with Gasteiger partial charge in [-0.2, -0.15) is 0 Å². The zero-order chi connectivity index (χ0) is 40.1. The third kappa shape index (κ3) is 4.09. The van der Waals surface area contributed by atoms with E-state index in [0.29, 0.717) is 43.6 Å². The number of furan rings is 1. The summed E-state index contributed by atoms with van der Waals surface area (Å²) in [4.78, 5) is 0. The fourth-order valence-electron chi connectivity index (χ4n) is 8.93. The van der Waals surface area contributed by atoms with Crippen LogP contribution in [-0.2, 0) is 0 Å². The molecule has 0 bridgehead atoms. The van der Waals surface area contributed by atoms with Crippen molar-refractivity contribution in [2.45, 2.75) is 0 Å². The molecule has 9 aromatic rings. The molecule has 1 aliphatic heterocycles. The predicted molar refractivity (Wildman–Crippen MR) is 224 cm³/mol. The van der Waals surface area contributed by atoms with E-state index in [1.54, 1.807) is 42.5 Å². The maximum atomic E-state index is 12.4. The second-order valence-electron chi connectivity index (χ2n) is 14.5. The molecule has 8 aromatic carbocycles. The van der Waals surface area contributed by atoms with E-state index in [-0.39, 0.29) is 78.9 Å². The number of benzene rings is 8. The summed E-state index contributed by atoms with van der Waals surface area (Å²) in [6, 6.07) is 19.7. The number of hydrogen-bond acceptors (Lipinski definition) is 12. The molecule has 57 heavy (non-hydrogen) atoms. The van der Waals surface area contributed by atoms with Crippen LogP contribution in [0.5, 0.6) is 63.2 Å². The molecule has 0 radical (unpaired) electrons. The molecule has 11 N–H and O–H groups in total. The van der Waals surface area contributed by atoms with Crippen molar-refractivity contribution < 1.29 is 60.6 Å². The lowest BCUT2D eigenvalue weighted by atomic mass is 9.54. The van der Waals surface area contributed by atoms with E-state index in [2.05, 4.69) is 0 Å². The van der Waals surface area contributed by atoms with Gasteiger partial charge >= 0.3 is 0 Å². The number of rotatable bonds is 2. The van der Waals surface area contributed by atoms with E-state index in [1.165, 1.54) is 15.7 Å². The second kappa shape index (κ2) is 11.2. The fraction of sp³-hybridized carbons (Fsp3) is 0. The molecule has 10 rings (SSSR count). The van der Waals surface area contributed by atoms with E-state index < -0.39 is 57.5 Å². The average molecular weight is 756 g/mol. The molecule has 0 saturated carbocycles. The highest BCUT2D eigenvalue weighted by molar-refractivity contribution is 6.76. The molecule has 2 heterocycles. The molecule has 0 unspecified atom stereocenters. The summed E-state index contributed by atoms with van der Waals surface area (Å²) in [5, 5.41) is 125. The molecule has 0 spiro atoms. The Bertz CT molecular complexity index is 3290. The fourth-order valence-corrected chi connectivity index (χ4v) is 8.93. The van der Waals surface area contributed by atoms with E-state index in [1.807, 2.05) is 24.3 Å². The van der Waals surface area contributed by atoms with Crippen LogP contribution >= 0.6 is 0 Å². The highest BCUT2D eigenvalue weighted by Gasteiger charge is 2.37. The molecule has 1 aromatic heterocycles. The first kappa shape index (κ1) is 33.9. The molecule has 0 aliphatic carbocycles. The van der Waals surface area contributed by atoms with Crippen molar-refractivity contribution in [2.75, 3.05) is 0 Å². The topological polar surface area (TPSA) is 236 Å². The lowest BCUT2D eigenvalue weighted by Crippen LogP contribution is -2.37. The number of phenolic OH excluding ortho intramolecular Hbond substituents is 11.